The summed E-state index contributed by atoms with van der Waals surface area (Å²) in [6, 6.07) is 5.82. The van der Waals surface area contributed by atoms with Crippen molar-refractivity contribution in [3.8, 4) is 0 Å². The molecule has 0 aliphatic heterocycles. The number of rotatable bonds is 2. The molecule has 1 aromatic heterocycles. The minimum Gasteiger partial charge on any atom is -0.259 e. The van der Waals surface area contributed by atoms with Crippen molar-refractivity contribution in [1.82, 2.24) is 4.98 Å². The maximum atomic E-state index is 10.3. The maximum Gasteiger partial charge on any atom is 0.235 e. The lowest BCUT2D eigenvalue weighted by Gasteiger charge is -2.06. The summed E-state index contributed by atoms with van der Waals surface area (Å²) in [4.78, 5) is 14.1. The average Bonchev–Trinajstić information content (AvgIpc) is 2.27. The van der Waals surface area contributed by atoms with Crippen LogP contribution in [-0.2, 0) is 0 Å². The van der Waals surface area contributed by atoms with Gasteiger partial charge in [-0.15, -0.1) is 0 Å². The Morgan fingerprint density at radius 1 is 1.33 bits per heavy atom. The largest absolute Gasteiger partial charge is 0.259 e. The number of fused-ring (bicyclic) bond motifs is 1. The van der Waals surface area contributed by atoms with Crippen molar-refractivity contribution in [3.05, 3.63) is 56.4 Å². The van der Waals surface area contributed by atoms with E-state index in [9.17, 15) is 10.1 Å². The third-order valence-electron chi connectivity index (χ3n) is 2.61. The van der Waals surface area contributed by atoms with E-state index in [2.05, 4.69) is 4.98 Å². The van der Waals surface area contributed by atoms with Crippen LogP contribution in [0, 0.1) is 24.0 Å². The summed E-state index contributed by atoms with van der Waals surface area (Å²) in [7, 11) is 0. The molecule has 0 unspecified atom stereocenters. The number of nitrogens with zero attached hydrogens (tertiary/aromatic N) is 2. The second-order valence-corrected chi connectivity index (χ2v) is 4.48. The highest BCUT2D eigenvalue weighted by Gasteiger charge is 2.06. The number of hydrogen-bond donors (Lipinski definition) is 0. The van der Waals surface area contributed by atoms with E-state index < -0.39 is 4.92 Å². The first-order valence-corrected chi connectivity index (χ1v) is 5.74. The van der Waals surface area contributed by atoms with Crippen molar-refractivity contribution in [2.45, 2.75) is 13.8 Å². The van der Waals surface area contributed by atoms with Gasteiger partial charge in [0.1, 0.15) is 5.15 Å². The summed E-state index contributed by atoms with van der Waals surface area (Å²) in [5.41, 5.74) is 3.53. The van der Waals surface area contributed by atoms with Crippen LogP contribution in [0.2, 0.25) is 5.15 Å². The minimum absolute atomic E-state index is 0.271. The zero-order valence-electron chi connectivity index (χ0n) is 9.98. The molecule has 92 valence electrons. The molecule has 0 aliphatic carbocycles. The molecule has 1 heterocycles. The molecule has 18 heavy (non-hydrogen) atoms. The van der Waals surface area contributed by atoms with Crippen LogP contribution in [-0.4, -0.2) is 9.91 Å². The van der Waals surface area contributed by atoms with Gasteiger partial charge in [0.05, 0.1) is 10.4 Å². The Labute approximate surface area is 109 Å². The quantitative estimate of drug-likeness (QED) is 0.470. The summed E-state index contributed by atoms with van der Waals surface area (Å²) in [6.07, 6.45) is 2.21. The molecule has 1 aromatic carbocycles. The molecular weight excluding hydrogens is 252 g/mol. The lowest BCUT2D eigenvalue weighted by molar-refractivity contribution is -0.400. The van der Waals surface area contributed by atoms with Crippen molar-refractivity contribution >= 4 is 28.6 Å². The number of hydrogen-bond acceptors (Lipinski definition) is 3. The summed E-state index contributed by atoms with van der Waals surface area (Å²) in [5.74, 6) is 0. The van der Waals surface area contributed by atoms with Crippen LogP contribution in [0.5, 0.6) is 0 Å². The number of aromatic nitrogens is 1. The standard InChI is InChI=1S/C13H11ClN2O2/c1-8-5-9(2)12-11(6-8)7-10(13(14)15-12)3-4-16(17)18/h3-7H,1-2H3. The first-order valence-electron chi connectivity index (χ1n) is 5.36. The van der Waals surface area contributed by atoms with E-state index >= 15 is 0 Å². The topological polar surface area (TPSA) is 56.0 Å². The van der Waals surface area contributed by atoms with Gasteiger partial charge in [0.2, 0.25) is 6.20 Å². The highest BCUT2D eigenvalue weighted by molar-refractivity contribution is 6.31. The number of aryl methyl sites for hydroxylation is 2. The monoisotopic (exact) mass is 262 g/mol. The van der Waals surface area contributed by atoms with Gasteiger partial charge in [0, 0.05) is 17.0 Å². The molecule has 5 heteroatoms. The smallest absolute Gasteiger partial charge is 0.235 e. The van der Waals surface area contributed by atoms with E-state index in [4.69, 9.17) is 11.6 Å². The van der Waals surface area contributed by atoms with Gasteiger partial charge < -0.3 is 0 Å². The molecule has 2 aromatic rings. The average molecular weight is 263 g/mol. The maximum absolute atomic E-state index is 10.3. The molecule has 0 N–H and O–H groups in total. The summed E-state index contributed by atoms with van der Waals surface area (Å²) >= 11 is 6.01. The molecule has 0 atom stereocenters. The number of halogens is 1. The van der Waals surface area contributed by atoms with Crippen molar-refractivity contribution in [1.29, 1.82) is 0 Å². The van der Waals surface area contributed by atoms with E-state index in [1.807, 2.05) is 32.0 Å². The molecule has 2 rings (SSSR count). The molecule has 0 spiro atoms. The fourth-order valence-corrected chi connectivity index (χ4v) is 2.11. The Morgan fingerprint density at radius 2 is 2.06 bits per heavy atom. The highest BCUT2D eigenvalue weighted by Crippen LogP contribution is 2.25. The second kappa shape index (κ2) is 4.74. The van der Waals surface area contributed by atoms with Crippen LogP contribution >= 0.6 is 11.6 Å². The van der Waals surface area contributed by atoms with Crippen LogP contribution in [0.4, 0.5) is 0 Å². The van der Waals surface area contributed by atoms with Gasteiger partial charge in [-0.1, -0.05) is 23.2 Å². The highest BCUT2D eigenvalue weighted by atomic mass is 35.5. The lowest BCUT2D eigenvalue weighted by Crippen LogP contribution is -1.90. The fourth-order valence-electron chi connectivity index (χ4n) is 1.90. The molecule has 0 radical (unpaired) electrons. The SMILES string of the molecule is Cc1cc(C)c2nc(Cl)c(C=C[N+](=O)[O-])cc2c1. The molecule has 0 fully saturated rings. The third kappa shape index (κ3) is 2.49. The molecule has 0 bridgehead atoms. The fraction of sp³-hybridized carbons (Fsp3) is 0.154. The number of nitro groups is 1. The van der Waals surface area contributed by atoms with Gasteiger partial charge in [0.25, 0.3) is 0 Å². The van der Waals surface area contributed by atoms with Crippen LogP contribution in [0.1, 0.15) is 16.7 Å². The van der Waals surface area contributed by atoms with Crippen LogP contribution in [0.25, 0.3) is 17.0 Å². The van der Waals surface area contributed by atoms with Gasteiger partial charge >= 0.3 is 0 Å². The normalized spacial score (nSPS) is 11.3. The van der Waals surface area contributed by atoms with Crippen LogP contribution in [0.15, 0.2) is 24.4 Å². The molecule has 4 nitrogen and oxygen atoms in total. The van der Waals surface area contributed by atoms with Crippen molar-refractivity contribution in [2.24, 2.45) is 0 Å². The third-order valence-corrected chi connectivity index (χ3v) is 2.91. The van der Waals surface area contributed by atoms with Crippen molar-refractivity contribution in [2.75, 3.05) is 0 Å². The number of pyridine rings is 1. The first-order chi connectivity index (χ1) is 8.47. The second-order valence-electron chi connectivity index (χ2n) is 4.12. The van der Waals surface area contributed by atoms with Gasteiger partial charge in [-0.3, -0.25) is 10.1 Å². The van der Waals surface area contributed by atoms with Gasteiger partial charge in [-0.25, -0.2) is 4.98 Å². The van der Waals surface area contributed by atoms with Crippen molar-refractivity contribution < 1.29 is 4.92 Å². The molecule has 0 aliphatic rings. The zero-order chi connectivity index (χ0) is 13.3. The minimum atomic E-state index is -0.526. The summed E-state index contributed by atoms with van der Waals surface area (Å²) in [6.45, 7) is 3.96. The Hall–Kier alpha value is -1.94. The summed E-state index contributed by atoms with van der Waals surface area (Å²) in [5, 5.41) is 11.5. The van der Waals surface area contributed by atoms with Crippen molar-refractivity contribution in [3.63, 3.8) is 0 Å². The Bertz CT molecular complexity index is 666. The van der Waals surface area contributed by atoms with E-state index in [-0.39, 0.29) is 5.15 Å². The van der Waals surface area contributed by atoms with E-state index in [0.29, 0.717) is 5.56 Å². The molecular formula is C13H11ClN2O2. The number of benzene rings is 1. The lowest BCUT2D eigenvalue weighted by atomic mass is 10.1. The Kier molecular flexibility index (Phi) is 3.30. The molecule has 0 saturated carbocycles. The molecule has 0 amide bonds. The first kappa shape index (κ1) is 12.5. The predicted molar refractivity (Wildman–Crippen MR) is 72.3 cm³/mol. The zero-order valence-corrected chi connectivity index (χ0v) is 10.7. The molecule has 0 saturated heterocycles. The van der Waals surface area contributed by atoms with E-state index in [1.54, 1.807) is 0 Å². The van der Waals surface area contributed by atoms with Gasteiger partial charge in [-0.2, -0.15) is 0 Å². The Balaban J connectivity index is 2.64. The van der Waals surface area contributed by atoms with Gasteiger partial charge in [0.15, 0.2) is 0 Å². The Morgan fingerprint density at radius 3 is 2.72 bits per heavy atom. The van der Waals surface area contributed by atoms with Crippen LogP contribution in [0.3, 0.4) is 0 Å². The van der Waals surface area contributed by atoms with E-state index in [0.717, 1.165) is 28.2 Å². The predicted octanol–water partition coefficient (Wildman–Crippen LogP) is 3.75. The van der Waals surface area contributed by atoms with Gasteiger partial charge in [-0.05, 0) is 31.5 Å². The van der Waals surface area contributed by atoms with E-state index in [1.165, 1.54) is 6.08 Å². The van der Waals surface area contributed by atoms with Crippen LogP contribution < -0.4 is 0 Å². The summed E-state index contributed by atoms with van der Waals surface area (Å²) < 4.78 is 0.